The molecule has 0 saturated carbocycles. The molecule has 2 heteroatoms. The van der Waals surface area contributed by atoms with Gasteiger partial charge in [0.05, 0.1) is 0 Å². The summed E-state index contributed by atoms with van der Waals surface area (Å²) in [6.45, 7) is 4.05. The van der Waals surface area contributed by atoms with Crippen molar-refractivity contribution in [2.45, 2.75) is 39.5 Å². The first-order valence-corrected chi connectivity index (χ1v) is 4.85. The number of halogens is 1. The Bertz CT molecular complexity index is 251. The highest BCUT2D eigenvalue weighted by molar-refractivity contribution is 5.15. The van der Waals surface area contributed by atoms with Gasteiger partial charge < -0.3 is 0 Å². The Morgan fingerprint density at radius 2 is 2.08 bits per heavy atom. The normalized spacial score (nSPS) is 10.4. The number of aryl methyl sites for hydroxylation is 2. The van der Waals surface area contributed by atoms with Crippen LogP contribution in [0.5, 0.6) is 0 Å². The topological polar surface area (TPSA) is 12.9 Å². The zero-order valence-electron chi connectivity index (χ0n) is 8.31. The van der Waals surface area contributed by atoms with Gasteiger partial charge in [0.25, 0.3) is 0 Å². The van der Waals surface area contributed by atoms with Crippen molar-refractivity contribution in [2.75, 3.05) is 0 Å². The molecule has 0 aliphatic carbocycles. The zero-order valence-corrected chi connectivity index (χ0v) is 8.31. The predicted molar refractivity (Wildman–Crippen MR) is 52.2 cm³/mol. The van der Waals surface area contributed by atoms with Gasteiger partial charge in [-0.05, 0) is 37.5 Å². The fraction of sp³-hybridized carbons (Fsp3) is 0.545. The summed E-state index contributed by atoms with van der Waals surface area (Å²) in [4.78, 5) is 3.84. The summed E-state index contributed by atoms with van der Waals surface area (Å²) in [6.07, 6.45) is 4.38. The maximum Gasteiger partial charge on any atom is 0.213 e. The van der Waals surface area contributed by atoms with E-state index in [1.54, 1.807) is 0 Å². The average molecular weight is 181 g/mol. The molecular weight excluding hydrogens is 165 g/mol. The van der Waals surface area contributed by atoms with Gasteiger partial charge in [-0.15, -0.1) is 0 Å². The molecule has 72 valence electrons. The van der Waals surface area contributed by atoms with Gasteiger partial charge in [0.1, 0.15) is 0 Å². The molecule has 0 aliphatic heterocycles. The Balaban J connectivity index is 2.56. The minimum Gasteiger partial charge on any atom is -0.225 e. The van der Waals surface area contributed by atoms with Crippen LogP contribution in [0.1, 0.15) is 37.4 Å². The van der Waals surface area contributed by atoms with Crippen molar-refractivity contribution in [3.63, 3.8) is 0 Å². The van der Waals surface area contributed by atoms with Gasteiger partial charge in [0.2, 0.25) is 5.95 Å². The van der Waals surface area contributed by atoms with E-state index in [4.69, 9.17) is 0 Å². The van der Waals surface area contributed by atoms with Crippen LogP contribution in [-0.4, -0.2) is 4.98 Å². The monoisotopic (exact) mass is 181 g/mol. The number of hydrogen-bond acceptors (Lipinski definition) is 1. The number of pyridine rings is 1. The van der Waals surface area contributed by atoms with E-state index in [0.29, 0.717) is 0 Å². The molecule has 0 amide bonds. The molecule has 0 N–H and O–H groups in total. The quantitative estimate of drug-likeness (QED) is 0.513. The highest BCUT2D eigenvalue weighted by atomic mass is 19.1. The molecule has 1 aromatic rings. The largest absolute Gasteiger partial charge is 0.225 e. The second-order valence-electron chi connectivity index (χ2n) is 3.42. The fourth-order valence-corrected chi connectivity index (χ4v) is 1.38. The van der Waals surface area contributed by atoms with Crippen molar-refractivity contribution >= 4 is 0 Å². The Kier molecular flexibility index (Phi) is 3.87. The van der Waals surface area contributed by atoms with Crippen molar-refractivity contribution in [3.8, 4) is 0 Å². The number of aromatic nitrogens is 1. The van der Waals surface area contributed by atoms with Gasteiger partial charge in [-0.3, -0.25) is 0 Å². The van der Waals surface area contributed by atoms with E-state index >= 15 is 0 Å². The standard InChI is InChI=1S/C11H16FN/c1-3-4-5-6-10-7-9(2)8-11(12)13-10/h7-8H,3-6H2,1-2H3. The first kappa shape index (κ1) is 10.2. The van der Waals surface area contributed by atoms with E-state index in [2.05, 4.69) is 11.9 Å². The van der Waals surface area contributed by atoms with Crippen molar-refractivity contribution in [1.82, 2.24) is 4.98 Å². The van der Waals surface area contributed by atoms with Gasteiger partial charge >= 0.3 is 0 Å². The Morgan fingerprint density at radius 3 is 2.69 bits per heavy atom. The van der Waals surface area contributed by atoms with Gasteiger partial charge in [0.15, 0.2) is 0 Å². The second kappa shape index (κ2) is 4.95. The molecular formula is C11H16FN. The third kappa shape index (κ3) is 3.53. The maximum atomic E-state index is 12.8. The van der Waals surface area contributed by atoms with Crippen LogP contribution in [-0.2, 0) is 6.42 Å². The van der Waals surface area contributed by atoms with Crippen LogP contribution >= 0.6 is 0 Å². The summed E-state index contributed by atoms with van der Waals surface area (Å²) in [5, 5.41) is 0. The van der Waals surface area contributed by atoms with Gasteiger partial charge in [-0.25, -0.2) is 4.98 Å². The summed E-state index contributed by atoms with van der Waals surface area (Å²) in [6, 6.07) is 3.42. The molecule has 0 spiro atoms. The molecule has 13 heavy (non-hydrogen) atoms. The summed E-state index contributed by atoms with van der Waals surface area (Å²) in [5.41, 5.74) is 1.84. The molecule has 0 aromatic carbocycles. The highest BCUT2D eigenvalue weighted by Crippen LogP contribution is 2.07. The fourth-order valence-electron chi connectivity index (χ4n) is 1.38. The average Bonchev–Trinajstić information content (AvgIpc) is 2.03. The lowest BCUT2D eigenvalue weighted by atomic mass is 10.1. The minimum atomic E-state index is -0.355. The predicted octanol–water partition coefficient (Wildman–Crippen LogP) is 3.26. The molecule has 0 bridgehead atoms. The Morgan fingerprint density at radius 1 is 1.31 bits per heavy atom. The van der Waals surface area contributed by atoms with Crippen molar-refractivity contribution in [2.24, 2.45) is 0 Å². The lowest BCUT2D eigenvalue weighted by molar-refractivity contribution is 0.571. The molecule has 1 rings (SSSR count). The van der Waals surface area contributed by atoms with E-state index < -0.39 is 0 Å². The van der Waals surface area contributed by atoms with Crippen LogP contribution in [0.15, 0.2) is 12.1 Å². The molecule has 1 nitrogen and oxygen atoms in total. The molecule has 0 atom stereocenters. The molecule has 1 aromatic heterocycles. The van der Waals surface area contributed by atoms with Gasteiger partial charge in [0, 0.05) is 5.69 Å². The molecule has 0 fully saturated rings. The summed E-state index contributed by atoms with van der Waals surface area (Å²) in [5.74, 6) is -0.355. The molecule has 0 aliphatic rings. The van der Waals surface area contributed by atoms with Crippen LogP contribution in [0.2, 0.25) is 0 Å². The van der Waals surface area contributed by atoms with E-state index in [1.807, 2.05) is 13.0 Å². The Hall–Kier alpha value is -0.920. The zero-order chi connectivity index (χ0) is 9.68. The molecule has 0 unspecified atom stereocenters. The smallest absolute Gasteiger partial charge is 0.213 e. The summed E-state index contributed by atoms with van der Waals surface area (Å²) < 4.78 is 12.8. The van der Waals surface area contributed by atoms with E-state index in [-0.39, 0.29) is 5.95 Å². The van der Waals surface area contributed by atoms with Crippen LogP contribution < -0.4 is 0 Å². The Labute approximate surface area is 79.0 Å². The van der Waals surface area contributed by atoms with E-state index in [9.17, 15) is 4.39 Å². The minimum absolute atomic E-state index is 0.355. The third-order valence-corrected chi connectivity index (χ3v) is 2.03. The van der Waals surface area contributed by atoms with Gasteiger partial charge in [-0.1, -0.05) is 19.8 Å². The number of nitrogens with zero attached hydrogens (tertiary/aromatic N) is 1. The first-order valence-electron chi connectivity index (χ1n) is 4.85. The molecule has 0 saturated heterocycles. The molecule has 0 radical (unpaired) electrons. The van der Waals surface area contributed by atoms with Crippen LogP contribution in [0.3, 0.4) is 0 Å². The van der Waals surface area contributed by atoms with Crippen molar-refractivity contribution in [1.29, 1.82) is 0 Å². The number of unbranched alkanes of at least 4 members (excludes halogenated alkanes) is 2. The first-order chi connectivity index (χ1) is 6.22. The van der Waals surface area contributed by atoms with Crippen LogP contribution in [0.4, 0.5) is 4.39 Å². The molecule has 1 heterocycles. The lowest BCUT2D eigenvalue weighted by Gasteiger charge is -2.01. The number of rotatable bonds is 4. The maximum absolute atomic E-state index is 12.8. The van der Waals surface area contributed by atoms with Crippen LogP contribution in [0.25, 0.3) is 0 Å². The lowest BCUT2D eigenvalue weighted by Crippen LogP contribution is -1.94. The van der Waals surface area contributed by atoms with Crippen molar-refractivity contribution < 1.29 is 4.39 Å². The summed E-state index contributed by atoms with van der Waals surface area (Å²) >= 11 is 0. The number of hydrogen-bond donors (Lipinski definition) is 0. The third-order valence-electron chi connectivity index (χ3n) is 2.03. The SMILES string of the molecule is CCCCCc1cc(C)cc(F)n1. The summed E-state index contributed by atoms with van der Waals surface area (Å²) in [7, 11) is 0. The van der Waals surface area contributed by atoms with Gasteiger partial charge in [-0.2, -0.15) is 4.39 Å². The van der Waals surface area contributed by atoms with E-state index in [1.165, 1.54) is 18.9 Å². The second-order valence-corrected chi connectivity index (χ2v) is 3.42. The van der Waals surface area contributed by atoms with E-state index in [0.717, 1.165) is 24.1 Å². The van der Waals surface area contributed by atoms with Crippen LogP contribution in [0, 0.1) is 12.9 Å². The highest BCUT2D eigenvalue weighted by Gasteiger charge is 1.99. The van der Waals surface area contributed by atoms with Crippen molar-refractivity contribution in [3.05, 3.63) is 29.3 Å².